The normalized spacial score (nSPS) is 11.6. The van der Waals surface area contributed by atoms with Gasteiger partial charge in [0.25, 0.3) is 10.0 Å². The molecular weight excluding hydrogens is 302 g/mol. The maximum atomic E-state index is 12.2. The molecule has 2 N–H and O–H groups in total. The Morgan fingerprint density at radius 3 is 2.80 bits per heavy atom. The molecule has 108 valence electrons. The molecule has 0 aliphatic rings. The highest BCUT2D eigenvalue weighted by Crippen LogP contribution is 2.22. The van der Waals surface area contributed by atoms with E-state index < -0.39 is 10.0 Å². The summed E-state index contributed by atoms with van der Waals surface area (Å²) in [6.07, 6.45) is 2.91. The lowest BCUT2D eigenvalue weighted by Crippen LogP contribution is -2.13. The summed E-state index contributed by atoms with van der Waals surface area (Å²) < 4.78 is 28.5. The van der Waals surface area contributed by atoms with E-state index in [0.29, 0.717) is 12.2 Å². The van der Waals surface area contributed by atoms with E-state index in [-0.39, 0.29) is 22.3 Å². The minimum Gasteiger partial charge on any atom is -0.390 e. The average molecular weight is 316 g/mol. The highest BCUT2D eigenvalue weighted by Gasteiger charge is 2.19. The van der Waals surface area contributed by atoms with Crippen LogP contribution in [0, 0.1) is 0 Å². The molecule has 0 spiro atoms. The van der Waals surface area contributed by atoms with Crippen molar-refractivity contribution in [2.24, 2.45) is 0 Å². The first-order valence-corrected chi connectivity index (χ1v) is 7.77. The van der Waals surface area contributed by atoms with Gasteiger partial charge in [0.15, 0.2) is 5.82 Å². The van der Waals surface area contributed by atoms with Gasteiger partial charge in [-0.15, -0.1) is 0 Å². The molecule has 2 rings (SSSR count). The molecule has 0 fully saturated rings. The highest BCUT2D eigenvalue weighted by atomic mass is 35.5. The second kappa shape index (κ2) is 5.82. The minimum absolute atomic E-state index is 0.0603. The summed E-state index contributed by atoms with van der Waals surface area (Å²) in [5, 5.41) is 9.41. The molecule has 0 unspecified atom stereocenters. The summed E-state index contributed by atoms with van der Waals surface area (Å²) in [6, 6.07) is 4.57. The van der Waals surface area contributed by atoms with Gasteiger partial charge < -0.3 is 9.67 Å². The Morgan fingerprint density at radius 2 is 2.25 bits per heavy atom. The Bertz CT molecular complexity index is 691. The first-order chi connectivity index (χ1) is 9.47. The Labute approximate surface area is 122 Å². The molecule has 0 bridgehead atoms. The van der Waals surface area contributed by atoms with Crippen LogP contribution in [0.5, 0.6) is 0 Å². The number of aliphatic hydroxyl groups excluding tert-OH is 1. The van der Waals surface area contributed by atoms with Crippen LogP contribution in [0.15, 0.2) is 35.5 Å². The van der Waals surface area contributed by atoms with Crippen molar-refractivity contribution in [2.45, 2.75) is 25.0 Å². The summed E-state index contributed by atoms with van der Waals surface area (Å²) in [4.78, 5) is 3.94. The first-order valence-electron chi connectivity index (χ1n) is 5.91. The molecule has 20 heavy (non-hydrogen) atoms. The van der Waals surface area contributed by atoms with Crippen molar-refractivity contribution in [1.82, 2.24) is 9.55 Å². The second-order valence-electron chi connectivity index (χ2n) is 4.05. The van der Waals surface area contributed by atoms with Gasteiger partial charge in [-0.3, -0.25) is 4.72 Å². The molecule has 0 aliphatic carbocycles. The number of aliphatic hydroxyl groups is 1. The molecule has 6 nitrogen and oxygen atoms in total. The fraction of sp³-hybridized carbons (Fsp3) is 0.250. The van der Waals surface area contributed by atoms with Crippen LogP contribution in [0.4, 0.5) is 5.82 Å². The maximum Gasteiger partial charge on any atom is 0.264 e. The number of nitrogens with one attached hydrogen (secondary N) is 1. The van der Waals surface area contributed by atoms with E-state index in [2.05, 4.69) is 9.71 Å². The number of pyridine rings is 1. The molecule has 2 heterocycles. The third kappa shape index (κ3) is 2.95. The number of aromatic nitrogens is 2. The maximum absolute atomic E-state index is 12.2. The summed E-state index contributed by atoms with van der Waals surface area (Å²) in [5.74, 6) is 0.0731. The van der Waals surface area contributed by atoms with E-state index in [4.69, 9.17) is 11.6 Å². The fourth-order valence-electron chi connectivity index (χ4n) is 1.75. The van der Waals surface area contributed by atoms with Crippen molar-refractivity contribution < 1.29 is 13.5 Å². The van der Waals surface area contributed by atoms with Crippen molar-refractivity contribution in [2.75, 3.05) is 4.72 Å². The van der Waals surface area contributed by atoms with Gasteiger partial charge in [0.2, 0.25) is 0 Å². The van der Waals surface area contributed by atoms with E-state index in [1.807, 2.05) is 6.92 Å². The largest absolute Gasteiger partial charge is 0.390 e. The number of halogens is 1. The molecule has 0 aromatic carbocycles. The number of rotatable bonds is 5. The highest BCUT2D eigenvalue weighted by molar-refractivity contribution is 7.92. The van der Waals surface area contributed by atoms with Gasteiger partial charge in [0.1, 0.15) is 4.90 Å². The van der Waals surface area contributed by atoms with Gasteiger partial charge in [-0.25, -0.2) is 13.4 Å². The first kappa shape index (κ1) is 14.8. The average Bonchev–Trinajstić information content (AvgIpc) is 2.85. The zero-order chi connectivity index (χ0) is 14.8. The lowest BCUT2D eigenvalue weighted by molar-refractivity contribution is 0.271. The zero-order valence-corrected chi connectivity index (χ0v) is 12.3. The zero-order valence-electron chi connectivity index (χ0n) is 10.7. The Balaban J connectivity index is 2.36. The monoisotopic (exact) mass is 315 g/mol. The molecule has 0 aliphatic heterocycles. The Kier molecular flexibility index (Phi) is 4.32. The van der Waals surface area contributed by atoms with Crippen molar-refractivity contribution in [3.63, 3.8) is 0 Å². The van der Waals surface area contributed by atoms with Crippen molar-refractivity contribution >= 4 is 27.4 Å². The van der Waals surface area contributed by atoms with E-state index in [0.717, 1.165) is 0 Å². The summed E-state index contributed by atoms with van der Waals surface area (Å²) in [7, 11) is -3.79. The number of sulfonamides is 1. The van der Waals surface area contributed by atoms with Gasteiger partial charge in [0.05, 0.1) is 11.6 Å². The standard InChI is InChI=1S/C12H14ClN3O3S/c1-2-16-7-10(6-9(16)8-17)20(18,19)15-12-11(13)4-3-5-14-12/h3-7,17H,2,8H2,1H3,(H,14,15). The number of aryl methyl sites for hydroxylation is 1. The van der Waals surface area contributed by atoms with Crippen LogP contribution in [-0.4, -0.2) is 23.1 Å². The number of nitrogens with zero attached hydrogens (tertiary/aromatic N) is 2. The van der Waals surface area contributed by atoms with E-state index in [9.17, 15) is 13.5 Å². The molecule has 0 saturated carbocycles. The summed E-state index contributed by atoms with van der Waals surface area (Å²) in [6.45, 7) is 2.20. The molecule has 2 aromatic heterocycles. The fourth-order valence-corrected chi connectivity index (χ4v) is 3.06. The van der Waals surface area contributed by atoms with Gasteiger partial charge in [-0.2, -0.15) is 0 Å². The quantitative estimate of drug-likeness (QED) is 0.882. The van der Waals surface area contributed by atoms with Crippen molar-refractivity contribution in [3.05, 3.63) is 41.3 Å². The van der Waals surface area contributed by atoms with Gasteiger partial charge >= 0.3 is 0 Å². The van der Waals surface area contributed by atoms with E-state index >= 15 is 0 Å². The lowest BCUT2D eigenvalue weighted by atomic mass is 10.4. The van der Waals surface area contributed by atoms with Crippen LogP contribution in [0.25, 0.3) is 0 Å². The SMILES string of the molecule is CCn1cc(S(=O)(=O)Nc2ncccc2Cl)cc1CO. The van der Waals surface area contributed by atoms with Gasteiger partial charge in [0, 0.05) is 24.6 Å². The molecule has 0 amide bonds. The molecule has 2 aromatic rings. The topological polar surface area (TPSA) is 84.2 Å². The molecule has 0 atom stereocenters. The van der Waals surface area contributed by atoms with Crippen LogP contribution >= 0.6 is 11.6 Å². The summed E-state index contributed by atoms with van der Waals surface area (Å²) in [5.41, 5.74) is 0.528. The third-order valence-electron chi connectivity index (χ3n) is 2.76. The van der Waals surface area contributed by atoms with E-state index in [1.165, 1.54) is 18.5 Å². The van der Waals surface area contributed by atoms with Crippen LogP contribution in [0.1, 0.15) is 12.6 Å². The number of hydrogen-bond donors (Lipinski definition) is 2. The third-order valence-corrected chi connectivity index (χ3v) is 4.37. The Morgan fingerprint density at radius 1 is 1.50 bits per heavy atom. The minimum atomic E-state index is -3.79. The second-order valence-corrected chi connectivity index (χ2v) is 6.14. The summed E-state index contributed by atoms with van der Waals surface area (Å²) >= 11 is 5.87. The lowest BCUT2D eigenvalue weighted by Gasteiger charge is -2.06. The number of anilines is 1. The molecule has 0 radical (unpaired) electrons. The molecular formula is C12H14ClN3O3S. The van der Waals surface area contributed by atoms with Crippen LogP contribution in [-0.2, 0) is 23.2 Å². The van der Waals surface area contributed by atoms with Crippen molar-refractivity contribution in [3.8, 4) is 0 Å². The van der Waals surface area contributed by atoms with Gasteiger partial charge in [-0.05, 0) is 25.1 Å². The van der Waals surface area contributed by atoms with Crippen LogP contribution in [0.3, 0.4) is 0 Å². The predicted octanol–water partition coefficient (Wildman–Crippen LogP) is 1.85. The van der Waals surface area contributed by atoms with Crippen LogP contribution in [0.2, 0.25) is 5.02 Å². The molecule has 0 saturated heterocycles. The van der Waals surface area contributed by atoms with Gasteiger partial charge in [-0.1, -0.05) is 11.6 Å². The smallest absolute Gasteiger partial charge is 0.264 e. The predicted molar refractivity (Wildman–Crippen MR) is 76.1 cm³/mol. The Hall–Kier alpha value is -1.57. The van der Waals surface area contributed by atoms with E-state index in [1.54, 1.807) is 16.7 Å². The van der Waals surface area contributed by atoms with Crippen molar-refractivity contribution in [1.29, 1.82) is 0 Å². The number of hydrogen-bond acceptors (Lipinski definition) is 4. The van der Waals surface area contributed by atoms with Crippen LogP contribution < -0.4 is 4.72 Å². The molecule has 8 heteroatoms.